The van der Waals surface area contributed by atoms with Crippen molar-refractivity contribution >= 4 is 38.6 Å². The topological polar surface area (TPSA) is 80.4 Å². The Bertz CT molecular complexity index is 886. The van der Waals surface area contributed by atoms with E-state index in [1.54, 1.807) is 0 Å². The number of thiazole rings is 1. The van der Waals surface area contributed by atoms with Gasteiger partial charge in [0, 0.05) is 5.92 Å². The van der Waals surface area contributed by atoms with Crippen molar-refractivity contribution in [1.82, 2.24) is 10.3 Å². The number of carbonyl (C=O) groups is 1. The number of amides is 1. The fraction of sp³-hybridized carbons (Fsp3) is 0.167. The van der Waals surface area contributed by atoms with Gasteiger partial charge in [0.15, 0.2) is 0 Å². The van der Waals surface area contributed by atoms with Crippen LogP contribution in [-0.4, -0.2) is 16.9 Å². The van der Waals surface area contributed by atoms with Gasteiger partial charge in [-0.3, -0.25) is 10.1 Å². The third-order valence-electron chi connectivity index (χ3n) is 4.10. The van der Waals surface area contributed by atoms with E-state index in [0.717, 1.165) is 16.6 Å². The normalized spacial score (nSPS) is 20.1. The quantitative estimate of drug-likeness (QED) is 0.569. The number of benzene rings is 2. The average molecular weight is 336 g/mol. The molecule has 1 unspecified atom stereocenters. The van der Waals surface area contributed by atoms with Crippen LogP contribution in [0.1, 0.15) is 17.9 Å². The zero-order valence-electron chi connectivity index (χ0n) is 12.8. The van der Waals surface area contributed by atoms with Gasteiger partial charge < -0.3 is 5.73 Å². The summed E-state index contributed by atoms with van der Waals surface area (Å²) >= 11 is 1.44. The van der Waals surface area contributed by atoms with E-state index in [2.05, 4.69) is 27.4 Å². The summed E-state index contributed by atoms with van der Waals surface area (Å²) in [5.41, 5.74) is 7.94. The Morgan fingerprint density at radius 3 is 2.71 bits per heavy atom. The highest BCUT2D eigenvalue weighted by molar-refractivity contribution is 7.22. The van der Waals surface area contributed by atoms with E-state index >= 15 is 0 Å². The van der Waals surface area contributed by atoms with Crippen LogP contribution in [0, 0.1) is 5.92 Å². The monoisotopic (exact) mass is 336 g/mol. The summed E-state index contributed by atoms with van der Waals surface area (Å²) in [6.07, 6.45) is 0.851. The van der Waals surface area contributed by atoms with Crippen LogP contribution in [-0.2, 0) is 4.79 Å². The highest BCUT2D eigenvalue weighted by Gasteiger charge is 2.43. The molecule has 1 aliphatic carbocycles. The summed E-state index contributed by atoms with van der Waals surface area (Å²) in [5.74, 6) is 0.266. The van der Waals surface area contributed by atoms with Gasteiger partial charge in [-0.1, -0.05) is 53.8 Å². The van der Waals surface area contributed by atoms with E-state index in [1.807, 2.05) is 42.5 Å². The van der Waals surface area contributed by atoms with Gasteiger partial charge in [-0.25, -0.2) is 4.98 Å². The molecular formula is C18H16N4OS. The molecule has 1 heterocycles. The number of nitrogens with one attached hydrogen (secondary N) is 1. The Balaban J connectivity index is 1.42. The second-order valence-corrected chi connectivity index (χ2v) is 6.82. The lowest BCUT2D eigenvalue weighted by molar-refractivity contribution is -0.121. The summed E-state index contributed by atoms with van der Waals surface area (Å²) in [4.78, 5) is 20.9. The first-order valence-electron chi connectivity index (χ1n) is 7.76. The molecule has 2 atom stereocenters. The first-order chi connectivity index (χ1) is 11.7. The smallest absolute Gasteiger partial charge is 0.230 e. The summed E-state index contributed by atoms with van der Waals surface area (Å²) in [6, 6.07) is 17.9. The van der Waals surface area contributed by atoms with Crippen LogP contribution in [0.15, 0.2) is 59.6 Å². The Labute approximate surface area is 143 Å². The molecule has 1 fully saturated rings. The fourth-order valence-corrected chi connectivity index (χ4v) is 3.66. The number of guanidine groups is 1. The van der Waals surface area contributed by atoms with Gasteiger partial charge in [0.2, 0.25) is 17.0 Å². The second kappa shape index (κ2) is 6.05. The lowest BCUT2D eigenvalue weighted by Gasteiger charge is -2.03. The molecule has 120 valence electrons. The maximum Gasteiger partial charge on any atom is 0.230 e. The lowest BCUT2D eigenvalue weighted by atomic mass is 10.1. The van der Waals surface area contributed by atoms with Gasteiger partial charge in [-0.15, -0.1) is 0 Å². The first kappa shape index (κ1) is 14.8. The molecule has 4 rings (SSSR count). The minimum absolute atomic E-state index is 0.0310. The van der Waals surface area contributed by atoms with E-state index in [-0.39, 0.29) is 23.7 Å². The highest BCUT2D eigenvalue weighted by atomic mass is 32.1. The lowest BCUT2D eigenvalue weighted by Crippen LogP contribution is -2.37. The molecular weight excluding hydrogens is 320 g/mol. The van der Waals surface area contributed by atoms with Crippen LogP contribution in [0.3, 0.4) is 0 Å². The number of nitrogens with zero attached hydrogens (tertiary/aromatic N) is 2. The van der Waals surface area contributed by atoms with Gasteiger partial charge >= 0.3 is 0 Å². The molecule has 1 saturated carbocycles. The molecule has 1 amide bonds. The van der Waals surface area contributed by atoms with Crippen molar-refractivity contribution in [2.45, 2.75) is 12.3 Å². The Morgan fingerprint density at radius 1 is 1.17 bits per heavy atom. The number of aliphatic imine (C=N–C) groups is 1. The van der Waals surface area contributed by atoms with E-state index < -0.39 is 0 Å². The van der Waals surface area contributed by atoms with Crippen molar-refractivity contribution in [2.24, 2.45) is 16.6 Å². The van der Waals surface area contributed by atoms with Gasteiger partial charge in [0.05, 0.1) is 10.2 Å². The Kier molecular flexibility index (Phi) is 3.74. The third kappa shape index (κ3) is 3.00. The Morgan fingerprint density at radius 2 is 1.92 bits per heavy atom. The standard InChI is InChI=1S/C18H16N4OS/c19-17(22-18-20-14-8-4-5-9-15(14)24-18)21-16(23)13-10-12(13)11-6-2-1-3-7-11/h1-9,12-13H,10H2,(H3,19,20,21,22,23)/t12-,13?/m0/s1. The maximum atomic E-state index is 12.3. The second-order valence-electron chi connectivity index (χ2n) is 5.81. The van der Waals surface area contributed by atoms with Crippen molar-refractivity contribution in [1.29, 1.82) is 0 Å². The predicted octanol–water partition coefficient (Wildman–Crippen LogP) is 3.16. The minimum Gasteiger partial charge on any atom is -0.369 e. The zero-order chi connectivity index (χ0) is 16.5. The van der Waals surface area contributed by atoms with Crippen LogP contribution < -0.4 is 11.1 Å². The number of carbonyl (C=O) groups excluding carboxylic acids is 1. The van der Waals surface area contributed by atoms with Gasteiger partial charge in [-0.05, 0) is 30.0 Å². The number of fused-ring (bicyclic) bond motifs is 1. The van der Waals surface area contributed by atoms with Crippen molar-refractivity contribution < 1.29 is 4.79 Å². The first-order valence-corrected chi connectivity index (χ1v) is 8.58. The molecule has 5 nitrogen and oxygen atoms in total. The molecule has 0 saturated heterocycles. The number of para-hydroxylation sites is 1. The number of rotatable bonds is 3. The maximum absolute atomic E-state index is 12.3. The molecule has 3 N–H and O–H groups in total. The molecule has 1 aliphatic rings. The van der Waals surface area contributed by atoms with Gasteiger partial charge in [0.1, 0.15) is 0 Å². The molecule has 0 radical (unpaired) electrons. The molecule has 24 heavy (non-hydrogen) atoms. The van der Waals surface area contributed by atoms with Crippen LogP contribution in [0.4, 0.5) is 5.13 Å². The van der Waals surface area contributed by atoms with E-state index in [4.69, 9.17) is 5.73 Å². The summed E-state index contributed by atoms with van der Waals surface area (Å²) < 4.78 is 1.04. The molecule has 3 aromatic rings. The number of nitrogens with two attached hydrogens (primary N) is 1. The number of hydrogen-bond donors (Lipinski definition) is 2. The summed E-state index contributed by atoms with van der Waals surface area (Å²) in [7, 11) is 0. The van der Waals surface area contributed by atoms with Crippen LogP contribution >= 0.6 is 11.3 Å². The molecule has 2 aromatic carbocycles. The number of hydrogen-bond acceptors (Lipinski definition) is 4. The molecule has 0 spiro atoms. The van der Waals surface area contributed by atoms with Crippen LogP contribution in [0.2, 0.25) is 0 Å². The van der Waals surface area contributed by atoms with Crippen molar-refractivity contribution in [3.05, 3.63) is 60.2 Å². The molecule has 1 aromatic heterocycles. The summed E-state index contributed by atoms with van der Waals surface area (Å²) in [5, 5.41) is 3.24. The van der Waals surface area contributed by atoms with Gasteiger partial charge in [-0.2, -0.15) is 4.99 Å². The van der Waals surface area contributed by atoms with Gasteiger partial charge in [0.25, 0.3) is 0 Å². The van der Waals surface area contributed by atoms with Crippen LogP contribution in [0.25, 0.3) is 10.2 Å². The zero-order valence-corrected chi connectivity index (χ0v) is 13.7. The summed E-state index contributed by atoms with van der Waals surface area (Å²) in [6.45, 7) is 0. The van der Waals surface area contributed by atoms with E-state index in [1.165, 1.54) is 16.9 Å². The molecule has 6 heteroatoms. The van der Waals surface area contributed by atoms with Crippen LogP contribution in [0.5, 0.6) is 0 Å². The van der Waals surface area contributed by atoms with Crippen molar-refractivity contribution in [3.63, 3.8) is 0 Å². The Hall–Kier alpha value is -2.73. The SMILES string of the molecule is N/C(=N\c1nc2ccccc2s1)NC(=O)C1C[C@H]1c1ccccc1. The average Bonchev–Trinajstić information content (AvgIpc) is 3.29. The minimum atomic E-state index is -0.0776. The van der Waals surface area contributed by atoms with Crippen molar-refractivity contribution in [3.8, 4) is 0 Å². The molecule has 0 aliphatic heterocycles. The largest absolute Gasteiger partial charge is 0.369 e. The molecule has 0 bridgehead atoms. The van der Waals surface area contributed by atoms with E-state index in [9.17, 15) is 4.79 Å². The number of aromatic nitrogens is 1. The highest BCUT2D eigenvalue weighted by Crippen LogP contribution is 2.47. The van der Waals surface area contributed by atoms with Crippen molar-refractivity contribution in [2.75, 3.05) is 0 Å². The predicted molar refractivity (Wildman–Crippen MR) is 96.3 cm³/mol. The van der Waals surface area contributed by atoms with E-state index in [0.29, 0.717) is 5.13 Å². The third-order valence-corrected chi connectivity index (χ3v) is 5.04. The fourth-order valence-electron chi connectivity index (χ4n) is 2.81.